The number of nitrogens with two attached hydrogens (primary N) is 1. The second kappa shape index (κ2) is 9.95. The van der Waals surface area contributed by atoms with Gasteiger partial charge in [0, 0.05) is 25.3 Å². The van der Waals surface area contributed by atoms with Crippen LogP contribution in [0.3, 0.4) is 0 Å². The Kier molecular flexibility index (Phi) is 7.86. The van der Waals surface area contributed by atoms with E-state index < -0.39 is 35.3 Å². The van der Waals surface area contributed by atoms with Crippen molar-refractivity contribution in [1.82, 2.24) is 10.3 Å². The largest absolute Gasteiger partial charge is 0.444 e. The Balaban J connectivity index is 0.00000155. The molecular formula is C22H29F2N3O3. The molecule has 30 heavy (non-hydrogen) atoms. The van der Waals surface area contributed by atoms with Gasteiger partial charge in [0.2, 0.25) is 0 Å². The molecule has 1 amide bonds. The Morgan fingerprint density at radius 1 is 1.17 bits per heavy atom. The number of pyridine rings is 1. The van der Waals surface area contributed by atoms with Crippen LogP contribution >= 0.6 is 0 Å². The number of aliphatic hydroxyl groups is 1. The molecule has 0 radical (unpaired) electrons. The van der Waals surface area contributed by atoms with Gasteiger partial charge < -0.3 is 20.9 Å². The molecule has 0 bridgehead atoms. The summed E-state index contributed by atoms with van der Waals surface area (Å²) >= 11 is 0. The van der Waals surface area contributed by atoms with E-state index in [0.29, 0.717) is 24.1 Å². The summed E-state index contributed by atoms with van der Waals surface area (Å²) in [6.07, 6.45) is 1.98. The van der Waals surface area contributed by atoms with Crippen molar-refractivity contribution in [2.75, 3.05) is 7.11 Å². The molecule has 2 aromatic rings. The fourth-order valence-electron chi connectivity index (χ4n) is 3.64. The molecular weight excluding hydrogens is 392 g/mol. The smallest absolute Gasteiger partial charge is 0.408 e. The van der Waals surface area contributed by atoms with Crippen LogP contribution in [0.1, 0.15) is 68.4 Å². The molecule has 0 saturated heterocycles. The van der Waals surface area contributed by atoms with Crippen molar-refractivity contribution in [3.8, 4) is 0 Å². The zero-order valence-electron chi connectivity index (χ0n) is 17.7. The number of carbonyl (C=O) groups excluding carboxylic acids is 1. The summed E-state index contributed by atoms with van der Waals surface area (Å²) in [5, 5.41) is 9.84. The maximum Gasteiger partial charge on any atom is 0.408 e. The van der Waals surface area contributed by atoms with Crippen molar-refractivity contribution in [3.63, 3.8) is 0 Å². The summed E-state index contributed by atoms with van der Waals surface area (Å²) in [4.78, 5) is 16.9. The van der Waals surface area contributed by atoms with Crippen LogP contribution in [0, 0.1) is 11.6 Å². The van der Waals surface area contributed by atoms with Crippen LogP contribution in [-0.2, 0) is 4.74 Å². The number of carbonyl (C=O) groups is 1. The van der Waals surface area contributed by atoms with Crippen LogP contribution < -0.4 is 11.1 Å². The number of fused-ring (bicyclic) bond motifs is 1. The summed E-state index contributed by atoms with van der Waals surface area (Å²) in [6, 6.07) is 6.61. The maximum atomic E-state index is 14.6. The van der Waals surface area contributed by atoms with Gasteiger partial charge in [-0.3, -0.25) is 4.98 Å². The molecule has 1 aromatic carbocycles. The highest BCUT2D eigenvalue weighted by Gasteiger charge is 2.36. The van der Waals surface area contributed by atoms with Gasteiger partial charge in [-0.05, 0) is 56.9 Å². The van der Waals surface area contributed by atoms with Gasteiger partial charge in [-0.15, -0.1) is 0 Å². The number of rotatable bonds is 2. The maximum absolute atomic E-state index is 14.6. The van der Waals surface area contributed by atoms with Gasteiger partial charge in [-0.25, -0.2) is 13.6 Å². The topological polar surface area (TPSA) is 97.5 Å². The number of alkyl carbamates (subject to hydrolysis) is 1. The fourth-order valence-corrected chi connectivity index (χ4v) is 3.64. The molecule has 4 N–H and O–H groups in total. The number of hydrogen-bond acceptors (Lipinski definition) is 5. The number of benzene rings is 1. The van der Waals surface area contributed by atoms with Gasteiger partial charge in [0.15, 0.2) is 11.6 Å². The van der Waals surface area contributed by atoms with E-state index in [1.54, 1.807) is 45.2 Å². The number of nitrogens with zero attached hydrogens (tertiary/aromatic N) is 1. The molecule has 3 atom stereocenters. The van der Waals surface area contributed by atoms with E-state index in [0.717, 1.165) is 13.2 Å². The van der Waals surface area contributed by atoms with Crippen molar-refractivity contribution in [2.45, 2.75) is 57.2 Å². The second-order valence-electron chi connectivity index (χ2n) is 8.04. The molecule has 0 aliphatic heterocycles. The van der Waals surface area contributed by atoms with Crippen molar-refractivity contribution in [2.24, 2.45) is 5.73 Å². The Morgan fingerprint density at radius 3 is 2.50 bits per heavy atom. The zero-order valence-corrected chi connectivity index (χ0v) is 17.7. The van der Waals surface area contributed by atoms with Gasteiger partial charge >= 0.3 is 6.09 Å². The lowest BCUT2D eigenvalue weighted by atomic mass is 9.85. The summed E-state index contributed by atoms with van der Waals surface area (Å²) in [5.41, 5.74) is 7.11. The van der Waals surface area contributed by atoms with E-state index in [4.69, 9.17) is 15.6 Å². The molecule has 1 heterocycles. The molecule has 164 valence electrons. The van der Waals surface area contributed by atoms with Crippen LogP contribution in [0.2, 0.25) is 0 Å². The van der Waals surface area contributed by atoms with Crippen molar-refractivity contribution in [3.05, 3.63) is 65.0 Å². The lowest BCUT2D eigenvalue weighted by Gasteiger charge is -2.29. The van der Waals surface area contributed by atoms with Gasteiger partial charge in [0.05, 0.1) is 11.7 Å². The lowest BCUT2D eigenvalue weighted by Crippen LogP contribution is -2.37. The molecule has 8 heteroatoms. The minimum atomic E-state index is -0.923. The number of ether oxygens (including phenoxy) is 1. The van der Waals surface area contributed by atoms with E-state index in [1.807, 2.05) is 0 Å². The monoisotopic (exact) mass is 421 g/mol. The van der Waals surface area contributed by atoms with Crippen molar-refractivity contribution in [1.29, 1.82) is 0 Å². The number of aromatic nitrogens is 1. The average molecular weight is 421 g/mol. The highest BCUT2D eigenvalue weighted by Crippen LogP contribution is 2.42. The zero-order chi connectivity index (χ0) is 22.5. The predicted octanol–water partition coefficient (Wildman–Crippen LogP) is 4.11. The third-order valence-electron chi connectivity index (χ3n) is 4.80. The first kappa shape index (κ1) is 23.7. The molecule has 0 spiro atoms. The summed E-state index contributed by atoms with van der Waals surface area (Å²) in [6.45, 7) is 5.28. The minimum absolute atomic E-state index is 0.199. The minimum Gasteiger partial charge on any atom is -0.444 e. The van der Waals surface area contributed by atoms with Crippen molar-refractivity contribution >= 4 is 6.09 Å². The first-order valence-corrected chi connectivity index (χ1v) is 9.76. The number of aliphatic hydroxyl groups excluding tert-OH is 1. The quantitative estimate of drug-likeness (QED) is 0.634. The molecule has 6 nitrogen and oxygen atoms in total. The van der Waals surface area contributed by atoms with Gasteiger partial charge in [0.1, 0.15) is 5.60 Å². The lowest BCUT2D eigenvalue weighted by molar-refractivity contribution is 0.0494. The second-order valence-corrected chi connectivity index (χ2v) is 8.04. The van der Waals surface area contributed by atoms with Gasteiger partial charge in [0.25, 0.3) is 0 Å². The first-order valence-electron chi connectivity index (χ1n) is 9.76. The van der Waals surface area contributed by atoms with E-state index in [2.05, 4.69) is 10.3 Å². The van der Waals surface area contributed by atoms with E-state index in [9.17, 15) is 13.6 Å². The van der Waals surface area contributed by atoms with Crippen molar-refractivity contribution < 1.29 is 23.4 Å². The van der Waals surface area contributed by atoms with Crippen LogP contribution in [0.5, 0.6) is 0 Å². The highest BCUT2D eigenvalue weighted by atomic mass is 19.2. The standard InChI is InChI=1S/C21H25F2N3O2.CH4O/c1-21(2,3)28-20(27)26-18-13(12-6-4-8-15(22)17(12)23)9-10-16(24)19-14(18)7-5-11-25-19;1-2/h4-8,11,13,16,18H,9-10,24H2,1-3H3,(H,26,27);2H,1H3/t13-,16+,18-;/m0./s1. The van der Waals surface area contributed by atoms with Crippen LogP contribution in [0.25, 0.3) is 0 Å². The van der Waals surface area contributed by atoms with Crippen LogP contribution in [0.15, 0.2) is 36.5 Å². The third-order valence-corrected chi connectivity index (χ3v) is 4.80. The molecule has 1 aromatic heterocycles. The average Bonchev–Trinajstić information content (AvgIpc) is 2.82. The Labute approximate surface area is 175 Å². The normalized spacial score (nSPS) is 20.9. The molecule has 0 unspecified atom stereocenters. The van der Waals surface area contributed by atoms with Crippen LogP contribution in [0.4, 0.5) is 13.6 Å². The van der Waals surface area contributed by atoms with E-state index in [1.165, 1.54) is 6.07 Å². The molecule has 1 aliphatic carbocycles. The van der Waals surface area contributed by atoms with Crippen LogP contribution in [-0.4, -0.2) is 28.9 Å². The number of amides is 1. The van der Waals surface area contributed by atoms with E-state index in [-0.39, 0.29) is 11.6 Å². The fraction of sp³-hybridized carbons (Fsp3) is 0.455. The molecule has 1 aliphatic rings. The first-order chi connectivity index (χ1) is 14.2. The molecule has 0 fully saturated rings. The van der Waals surface area contributed by atoms with Gasteiger partial charge in [-0.2, -0.15) is 0 Å². The highest BCUT2D eigenvalue weighted by molar-refractivity contribution is 5.69. The predicted molar refractivity (Wildman–Crippen MR) is 110 cm³/mol. The number of nitrogens with one attached hydrogen (secondary N) is 1. The summed E-state index contributed by atoms with van der Waals surface area (Å²) in [5.74, 6) is -2.35. The third kappa shape index (κ3) is 5.52. The Hall–Kier alpha value is -2.58. The summed E-state index contributed by atoms with van der Waals surface area (Å²) in [7, 11) is 1.00. The summed E-state index contributed by atoms with van der Waals surface area (Å²) < 4.78 is 33.9. The molecule has 3 rings (SSSR count). The Morgan fingerprint density at radius 2 is 1.83 bits per heavy atom. The SMILES string of the molecule is CC(C)(C)OC(=O)N[C@@H]1c2cccnc2[C@H](N)CC[C@H]1c1cccc(F)c1F.CO. The Bertz CT molecular complexity index is 871. The number of halogens is 2. The van der Waals surface area contributed by atoms with Gasteiger partial charge in [-0.1, -0.05) is 18.2 Å². The number of hydrogen-bond donors (Lipinski definition) is 3. The molecule has 0 saturated carbocycles. The van der Waals surface area contributed by atoms with E-state index >= 15 is 0 Å².